The Hall–Kier alpha value is -1.46. The summed E-state index contributed by atoms with van der Waals surface area (Å²) in [6, 6.07) is 4.44. The summed E-state index contributed by atoms with van der Waals surface area (Å²) < 4.78 is 0. The summed E-state index contributed by atoms with van der Waals surface area (Å²) >= 11 is 5.90. The highest BCUT2D eigenvalue weighted by atomic mass is 35.5. The third-order valence-corrected chi connectivity index (χ3v) is 3.45. The van der Waals surface area contributed by atoms with E-state index >= 15 is 0 Å². The predicted molar refractivity (Wildman–Crippen MR) is 76.6 cm³/mol. The van der Waals surface area contributed by atoms with Crippen LogP contribution in [0.5, 0.6) is 0 Å². The lowest BCUT2D eigenvalue weighted by Crippen LogP contribution is -2.54. The largest absolute Gasteiger partial charge is 0.352 e. The Morgan fingerprint density at radius 3 is 2.68 bits per heavy atom. The fourth-order valence-corrected chi connectivity index (χ4v) is 2.67. The molecule has 2 aromatic heterocycles. The summed E-state index contributed by atoms with van der Waals surface area (Å²) in [6.45, 7) is 6.19. The molecule has 3 rings (SSSR count). The van der Waals surface area contributed by atoms with Crippen molar-refractivity contribution < 1.29 is 0 Å². The predicted octanol–water partition coefficient (Wildman–Crippen LogP) is 1.86. The van der Waals surface area contributed by atoms with Crippen LogP contribution in [-0.2, 0) is 0 Å². The molecule has 0 amide bonds. The number of hydrogen-bond donors (Lipinski definition) is 1. The van der Waals surface area contributed by atoms with Gasteiger partial charge in [0.2, 0.25) is 0 Å². The Morgan fingerprint density at radius 2 is 1.95 bits per heavy atom. The molecule has 0 radical (unpaired) electrons. The van der Waals surface area contributed by atoms with Crippen LogP contribution in [0.2, 0.25) is 5.15 Å². The van der Waals surface area contributed by atoms with Crippen molar-refractivity contribution in [3.05, 3.63) is 23.5 Å². The molecule has 100 valence electrons. The minimum Gasteiger partial charge on any atom is -0.352 e. The van der Waals surface area contributed by atoms with Gasteiger partial charge >= 0.3 is 0 Å². The van der Waals surface area contributed by atoms with E-state index in [0.717, 1.165) is 24.4 Å². The van der Waals surface area contributed by atoms with Gasteiger partial charge in [-0.15, -0.1) is 0 Å². The second-order valence-electron chi connectivity index (χ2n) is 5.08. The van der Waals surface area contributed by atoms with E-state index < -0.39 is 0 Å². The Bertz CT molecular complexity index is 593. The summed E-state index contributed by atoms with van der Waals surface area (Å²) in [5.74, 6) is 0.863. The molecule has 0 bridgehead atoms. The van der Waals surface area contributed by atoms with Crippen molar-refractivity contribution in [2.75, 3.05) is 18.0 Å². The molecule has 1 saturated heterocycles. The van der Waals surface area contributed by atoms with Crippen molar-refractivity contribution in [3.63, 3.8) is 0 Å². The number of hydrogen-bond acceptors (Lipinski definition) is 5. The molecule has 0 spiro atoms. The van der Waals surface area contributed by atoms with Gasteiger partial charge in [0, 0.05) is 25.2 Å². The highest BCUT2D eigenvalue weighted by Crippen LogP contribution is 2.18. The SMILES string of the molecule is C[C@@H]1CN(c2cnc3ccc(Cl)nc3n2)C[C@H](C)N1. The summed E-state index contributed by atoms with van der Waals surface area (Å²) in [5.41, 5.74) is 1.37. The molecule has 6 heteroatoms. The van der Waals surface area contributed by atoms with E-state index in [1.165, 1.54) is 0 Å². The molecule has 1 N–H and O–H groups in total. The van der Waals surface area contributed by atoms with Gasteiger partial charge in [0.25, 0.3) is 0 Å². The molecule has 1 aliphatic heterocycles. The molecule has 0 unspecified atom stereocenters. The van der Waals surface area contributed by atoms with Crippen LogP contribution in [0.3, 0.4) is 0 Å². The minimum absolute atomic E-state index is 0.438. The molecule has 0 aliphatic carbocycles. The first-order valence-electron chi connectivity index (χ1n) is 6.42. The van der Waals surface area contributed by atoms with Crippen LogP contribution in [-0.4, -0.2) is 40.1 Å². The lowest BCUT2D eigenvalue weighted by atomic mass is 10.1. The van der Waals surface area contributed by atoms with Crippen LogP contribution in [0.15, 0.2) is 18.3 Å². The van der Waals surface area contributed by atoms with Crippen molar-refractivity contribution in [1.82, 2.24) is 20.3 Å². The first-order valence-corrected chi connectivity index (χ1v) is 6.80. The van der Waals surface area contributed by atoms with E-state index in [0.29, 0.717) is 22.9 Å². The van der Waals surface area contributed by atoms with Gasteiger partial charge < -0.3 is 10.2 Å². The Labute approximate surface area is 117 Å². The zero-order chi connectivity index (χ0) is 13.4. The zero-order valence-corrected chi connectivity index (χ0v) is 11.7. The van der Waals surface area contributed by atoms with Crippen molar-refractivity contribution in [2.24, 2.45) is 0 Å². The third-order valence-electron chi connectivity index (χ3n) is 3.24. The number of nitrogens with one attached hydrogen (secondary N) is 1. The van der Waals surface area contributed by atoms with E-state index in [-0.39, 0.29) is 0 Å². The Balaban J connectivity index is 1.96. The summed E-state index contributed by atoms with van der Waals surface area (Å²) in [5, 5.41) is 3.94. The van der Waals surface area contributed by atoms with Gasteiger partial charge in [-0.05, 0) is 26.0 Å². The number of halogens is 1. The number of nitrogens with zero attached hydrogens (tertiary/aromatic N) is 4. The van der Waals surface area contributed by atoms with Crippen molar-refractivity contribution in [1.29, 1.82) is 0 Å². The van der Waals surface area contributed by atoms with Gasteiger partial charge in [0.1, 0.15) is 16.5 Å². The number of anilines is 1. The smallest absolute Gasteiger partial charge is 0.181 e. The standard InChI is InChI=1S/C13H16ClN5/c1-8-6-19(7-9(2)16-8)12-5-15-10-3-4-11(14)17-13(10)18-12/h3-5,8-9,16H,6-7H2,1-2H3/t8-,9+. The van der Waals surface area contributed by atoms with Crippen LogP contribution in [0, 0.1) is 0 Å². The van der Waals surface area contributed by atoms with Crippen molar-refractivity contribution in [2.45, 2.75) is 25.9 Å². The highest BCUT2D eigenvalue weighted by molar-refractivity contribution is 6.29. The maximum atomic E-state index is 5.90. The van der Waals surface area contributed by atoms with E-state index in [1.54, 1.807) is 6.07 Å². The van der Waals surface area contributed by atoms with Crippen molar-refractivity contribution >= 4 is 28.6 Å². The topological polar surface area (TPSA) is 53.9 Å². The molecular formula is C13H16ClN5. The van der Waals surface area contributed by atoms with E-state index in [4.69, 9.17) is 11.6 Å². The lowest BCUT2D eigenvalue weighted by Gasteiger charge is -2.36. The summed E-state index contributed by atoms with van der Waals surface area (Å²) in [4.78, 5) is 15.4. The van der Waals surface area contributed by atoms with Crippen LogP contribution in [0.1, 0.15) is 13.8 Å². The van der Waals surface area contributed by atoms with Crippen LogP contribution < -0.4 is 10.2 Å². The normalized spacial score (nSPS) is 23.8. The monoisotopic (exact) mass is 277 g/mol. The van der Waals surface area contributed by atoms with Gasteiger partial charge in [0.15, 0.2) is 5.65 Å². The Kier molecular flexibility index (Phi) is 3.24. The summed E-state index contributed by atoms with van der Waals surface area (Å²) in [7, 11) is 0. The number of piperazine rings is 1. The molecule has 0 saturated carbocycles. The molecule has 19 heavy (non-hydrogen) atoms. The second kappa shape index (κ2) is 4.90. The fraction of sp³-hybridized carbons (Fsp3) is 0.462. The van der Waals surface area contributed by atoms with Gasteiger partial charge in [-0.1, -0.05) is 11.6 Å². The number of rotatable bonds is 1. The van der Waals surface area contributed by atoms with Crippen LogP contribution in [0.4, 0.5) is 5.82 Å². The maximum Gasteiger partial charge on any atom is 0.181 e. The number of fused-ring (bicyclic) bond motifs is 1. The maximum absolute atomic E-state index is 5.90. The first-order chi connectivity index (χ1) is 9.11. The number of aromatic nitrogens is 3. The molecular weight excluding hydrogens is 262 g/mol. The van der Waals surface area contributed by atoms with Gasteiger partial charge in [-0.3, -0.25) is 0 Å². The lowest BCUT2D eigenvalue weighted by molar-refractivity contribution is 0.405. The molecule has 5 nitrogen and oxygen atoms in total. The number of pyridine rings is 1. The zero-order valence-electron chi connectivity index (χ0n) is 11.0. The second-order valence-corrected chi connectivity index (χ2v) is 5.47. The minimum atomic E-state index is 0.438. The molecule has 1 fully saturated rings. The quantitative estimate of drug-likeness (QED) is 0.807. The van der Waals surface area contributed by atoms with Crippen LogP contribution >= 0.6 is 11.6 Å². The first kappa shape index (κ1) is 12.6. The molecule has 2 atom stereocenters. The molecule has 1 aliphatic rings. The van der Waals surface area contributed by atoms with Gasteiger partial charge in [0.05, 0.1) is 6.20 Å². The summed E-state index contributed by atoms with van der Waals surface area (Å²) in [6.07, 6.45) is 1.81. The third kappa shape index (κ3) is 2.62. The van der Waals surface area contributed by atoms with Crippen LogP contribution in [0.25, 0.3) is 11.2 Å². The van der Waals surface area contributed by atoms with Crippen molar-refractivity contribution in [3.8, 4) is 0 Å². The van der Waals surface area contributed by atoms with Gasteiger partial charge in [-0.25, -0.2) is 15.0 Å². The average Bonchev–Trinajstić information content (AvgIpc) is 2.36. The van der Waals surface area contributed by atoms with E-state index in [9.17, 15) is 0 Å². The fourth-order valence-electron chi connectivity index (χ4n) is 2.53. The van der Waals surface area contributed by atoms with E-state index in [2.05, 4.69) is 39.0 Å². The Morgan fingerprint density at radius 1 is 1.21 bits per heavy atom. The highest BCUT2D eigenvalue weighted by Gasteiger charge is 2.22. The molecule has 0 aromatic carbocycles. The molecule has 3 heterocycles. The van der Waals surface area contributed by atoms with Gasteiger partial charge in [-0.2, -0.15) is 0 Å². The molecule has 2 aromatic rings. The van der Waals surface area contributed by atoms with E-state index in [1.807, 2.05) is 12.3 Å². The average molecular weight is 278 g/mol.